The largest absolute Gasteiger partial charge is 0.432 e. The van der Waals surface area contributed by atoms with Crippen LogP contribution in [0, 0.1) is 47.6 Å². The van der Waals surface area contributed by atoms with E-state index >= 15 is 0 Å². The van der Waals surface area contributed by atoms with Crippen molar-refractivity contribution in [2.45, 2.75) is 25.9 Å². The van der Waals surface area contributed by atoms with Crippen molar-refractivity contribution in [2.75, 3.05) is 0 Å². The Hall–Kier alpha value is -3.95. The van der Waals surface area contributed by atoms with Gasteiger partial charge in [0.2, 0.25) is 5.82 Å². The third kappa shape index (κ3) is 5.49. The maximum atomic E-state index is 14.7. The van der Waals surface area contributed by atoms with Gasteiger partial charge >= 0.3 is 6.11 Å². The van der Waals surface area contributed by atoms with Crippen LogP contribution in [0.1, 0.15) is 22.3 Å². The molecule has 0 saturated carbocycles. The molecule has 4 aromatic carbocycles. The zero-order valence-corrected chi connectivity index (χ0v) is 19.5. The summed E-state index contributed by atoms with van der Waals surface area (Å²) in [4.78, 5) is 0. The number of ether oxygens (including phenoxy) is 1. The maximum absolute atomic E-state index is 14.7. The first-order valence-electron chi connectivity index (χ1n) is 11.1. The van der Waals surface area contributed by atoms with Crippen LogP contribution in [-0.4, -0.2) is 0 Å². The minimum Gasteiger partial charge on any atom is -0.425 e. The lowest BCUT2D eigenvalue weighted by atomic mass is 10.0. The predicted molar refractivity (Wildman–Crippen MR) is 121 cm³/mol. The highest BCUT2D eigenvalue weighted by Gasteiger charge is 2.42. The average molecular weight is 540 g/mol. The normalized spacial score (nSPS) is 11.6. The lowest BCUT2D eigenvalue weighted by Crippen LogP contribution is -2.26. The molecule has 0 atom stereocenters. The third-order valence-corrected chi connectivity index (χ3v) is 5.81. The van der Waals surface area contributed by atoms with Crippen LogP contribution in [-0.2, 0) is 19.0 Å². The number of hydrogen-bond acceptors (Lipinski definition) is 1. The first kappa shape index (κ1) is 27.1. The van der Waals surface area contributed by atoms with E-state index in [0.717, 1.165) is 11.6 Å². The molecule has 0 aliphatic heterocycles. The van der Waals surface area contributed by atoms with Gasteiger partial charge in [-0.25, -0.2) is 26.3 Å². The van der Waals surface area contributed by atoms with Gasteiger partial charge in [0.05, 0.1) is 0 Å². The molecule has 0 amide bonds. The quantitative estimate of drug-likeness (QED) is 0.169. The van der Waals surface area contributed by atoms with Crippen LogP contribution in [0.3, 0.4) is 0 Å². The molecule has 0 aliphatic carbocycles. The van der Waals surface area contributed by atoms with E-state index in [1.54, 1.807) is 31.2 Å². The summed E-state index contributed by atoms with van der Waals surface area (Å²) < 4.78 is 132. The standard InChI is InChI=1S/C28H17F9O/c1-14-2-5-16(6-3-14)18-12-19(29)24(20(30)13-18)28(36,37)38-23-9-8-17(25(33)27(23)35)7-4-15-10-21(31)26(34)22(32)11-15/h2-3,5-6,8-13H,4,7H2,1H3. The summed E-state index contributed by atoms with van der Waals surface area (Å²) in [6.07, 6.45) is -5.31. The van der Waals surface area contributed by atoms with Gasteiger partial charge in [0.15, 0.2) is 29.0 Å². The summed E-state index contributed by atoms with van der Waals surface area (Å²) in [5.74, 6) is -12.8. The Balaban J connectivity index is 1.56. The average Bonchev–Trinajstić information content (AvgIpc) is 2.84. The Morgan fingerprint density at radius 2 is 1.18 bits per heavy atom. The zero-order valence-electron chi connectivity index (χ0n) is 19.5. The molecule has 0 N–H and O–H groups in total. The van der Waals surface area contributed by atoms with Gasteiger partial charge in [0.1, 0.15) is 17.2 Å². The van der Waals surface area contributed by atoms with Gasteiger partial charge in [0.25, 0.3) is 0 Å². The fourth-order valence-corrected chi connectivity index (χ4v) is 3.83. The van der Waals surface area contributed by atoms with Crippen LogP contribution < -0.4 is 4.74 Å². The van der Waals surface area contributed by atoms with Gasteiger partial charge in [0, 0.05) is 0 Å². The summed E-state index contributed by atoms with van der Waals surface area (Å²) in [7, 11) is 0. The van der Waals surface area contributed by atoms with Crippen LogP contribution in [0.15, 0.2) is 60.7 Å². The van der Waals surface area contributed by atoms with Crippen molar-refractivity contribution in [1.29, 1.82) is 0 Å². The van der Waals surface area contributed by atoms with Crippen molar-refractivity contribution in [2.24, 2.45) is 0 Å². The number of alkyl halides is 2. The van der Waals surface area contributed by atoms with Gasteiger partial charge in [-0.2, -0.15) is 13.2 Å². The zero-order chi connectivity index (χ0) is 27.8. The Morgan fingerprint density at radius 1 is 0.605 bits per heavy atom. The van der Waals surface area contributed by atoms with E-state index in [-0.39, 0.29) is 29.5 Å². The lowest BCUT2D eigenvalue weighted by Gasteiger charge is -2.21. The molecule has 0 saturated heterocycles. The van der Waals surface area contributed by atoms with Gasteiger partial charge in [-0.15, -0.1) is 0 Å². The number of aryl methyl sites for hydroxylation is 3. The Labute approximate surface area is 211 Å². The molecular formula is C28H17F9O. The van der Waals surface area contributed by atoms with E-state index in [1.807, 2.05) is 0 Å². The van der Waals surface area contributed by atoms with Crippen molar-refractivity contribution in [1.82, 2.24) is 0 Å². The van der Waals surface area contributed by atoms with Crippen LogP contribution >= 0.6 is 0 Å². The number of benzene rings is 4. The Morgan fingerprint density at radius 3 is 1.76 bits per heavy atom. The van der Waals surface area contributed by atoms with Crippen molar-refractivity contribution in [3.05, 3.63) is 124 Å². The summed E-state index contributed by atoms with van der Waals surface area (Å²) in [6, 6.07) is 10.6. The molecule has 10 heteroatoms. The molecule has 0 radical (unpaired) electrons. The smallest absolute Gasteiger partial charge is 0.425 e. The highest BCUT2D eigenvalue weighted by molar-refractivity contribution is 5.64. The second-order valence-electron chi connectivity index (χ2n) is 8.52. The predicted octanol–water partition coefficient (Wildman–Crippen LogP) is 8.55. The van der Waals surface area contributed by atoms with Crippen molar-refractivity contribution in [3.8, 4) is 16.9 Å². The molecular weight excluding hydrogens is 523 g/mol. The molecule has 0 spiro atoms. The monoisotopic (exact) mass is 540 g/mol. The van der Waals surface area contributed by atoms with Crippen molar-refractivity contribution < 1.29 is 44.3 Å². The third-order valence-electron chi connectivity index (χ3n) is 5.81. The minimum absolute atomic E-state index is 0.0259. The van der Waals surface area contributed by atoms with Gasteiger partial charge in [-0.1, -0.05) is 35.9 Å². The number of rotatable bonds is 7. The summed E-state index contributed by atoms with van der Waals surface area (Å²) in [5.41, 5.74) is -1.03. The fraction of sp³-hybridized carbons (Fsp3) is 0.143. The summed E-state index contributed by atoms with van der Waals surface area (Å²) >= 11 is 0. The highest BCUT2D eigenvalue weighted by Crippen LogP contribution is 2.38. The molecule has 198 valence electrons. The Kier molecular flexibility index (Phi) is 7.44. The van der Waals surface area contributed by atoms with Gasteiger partial charge in [-0.05, 0) is 72.4 Å². The second kappa shape index (κ2) is 10.4. The minimum atomic E-state index is -4.72. The van der Waals surface area contributed by atoms with E-state index in [9.17, 15) is 39.5 Å². The Bertz CT molecular complexity index is 1450. The van der Waals surface area contributed by atoms with Crippen LogP contribution in [0.25, 0.3) is 11.1 Å². The van der Waals surface area contributed by atoms with E-state index in [0.29, 0.717) is 35.9 Å². The van der Waals surface area contributed by atoms with Crippen LogP contribution in [0.5, 0.6) is 5.75 Å². The van der Waals surface area contributed by atoms with E-state index in [1.165, 1.54) is 0 Å². The molecule has 38 heavy (non-hydrogen) atoms. The number of hydrogen-bond donors (Lipinski definition) is 0. The molecule has 0 fully saturated rings. The van der Waals surface area contributed by atoms with Crippen LogP contribution in [0.2, 0.25) is 0 Å². The molecule has 0 aliphatic rings. The van der Waals surface area contributed by atoms with E-state index in [2.05, 4.69) is 4.74 Å². The molecule has 0 heterocycles. The summed E-state index contributed by atoms with van der Waals surface area (Å²) in [5, 5.41) is 0. The topological polar surface area (TPSA) is 9.23 Å². The van der Waals surface area contributed by atoms with E-state index < -0.39 is 58.1 Å². The highest BCUT2D eigenvalue weighted by atomic mass is 19.3. The molecule has 4 rings (SSSR count). The maximum Gasteiger partial charge on any atom is 0.432 e. The summed E-state index contributed by atoms with van der Waals surface area (Å²) in [6.45, 7) is 1.79. The number of halogens is 9. The molecule has 0 aromatic heterocycles. The van der Waals surface area contributed by atoms with Crippen molar-refractivity contribution >= 4 is 0 Å². The van der Waals surface area contributed by atoms with Gasteiger partial charge in [-0.3, -0.25) is 0 Å². The van der Waals surface area contributed by atoms with E-state index in [4.69, 9.17) is 0 Å². The first-order valence-corrected chi connectivity index (χ1v) is 11.1. The van der Waals surface area contributed by atoms with Crippen LogP contribution in [0.4, 0.5) is 39.5 Å². The molecule has 0 bridgehead atoms. The SMILES string of the molecule is Cc1ccc(-c2cc(F)c(C(F)(F)Oc3ccc(CCc4cc(F)c(F)c(F)c4)c(F)c3F)c(F)c2)cc1. The molecule has 1 nitrogen and oxygen atoms in total. The lowest BCUT2D eigenvalue weighted by molar-refractivity contribution is -0.191. The molecule has 4 aromatic rings. The fourth-order valence-electron chi connectivity index (χ4n) is 3.83. The second-order valence-corrected chi connectivity index (χ2v) is 8.52. The van der Waals surface area contributed by atoms with Gasteiger partial charge < -0.3 is 4.74 Å². The first-order chi connectivity index (χ1) is 17.9. The van der Waals surface area contributed by atoms with Crippen molar-refractivity contribution in [3.63, 3.8) is 0 Å². The molecule has 0 unspecified atom stereocenters.